The van der Waals surface area contributed by atoms with Crippen molar-refractivity contribution in [3.8, 4) is 0 Å². The zero-order valence-electron chi connectivity index (χ0n) is 7.38. The Bertz CT molecular complexity index is 270. The molecule has 0 aromatic carbocycles. The largest absolute Gasteiger partial charge is 0.313 e. The van der Waals surface area contributed by atoms with E-state index in [1.165, 1.54) is 24.1 Å². The zero-order valence-corrected chi connectivity index (χ0v) is 7.38. The summed E-state index contributed by atoms with van der Waals surface area (Å²) in [7, 11) is 2.02. The lowest BCUT2D eigenvalue weighted by molar-refractivity contribution is 0.490. The van der Waals surface area contributed by atoms with E-state index in [1.807, 2.05) is 19.3 Å². The SMILES string of the molecule is CNC1CCCc2ncccc21. The number of pyridine rings is 1. The first-order valence-corrected chi connectivity index (χ1v) is 4.53. The molecule has 0 aliphatic heterocycles. The standard InChI is InChI=1S/C10H14N2/c1-11-9-5-2-6-10-8(9)4-3-7-12-10/h3-4,7,9,11H,2,5-6H2,1H3. The van der Waals surface area contributed by atoms with E-state index < -0.39 is 0 Å². The topological polar surface area (TPSA) is 24.9 Å². The lowest BCUT2D eigenvalue weighted by atomic mass is 9.91. The maximum Gasteiger partial charge on any atom is 0.0451 e. The first-order chi connectivity index (χ1) is 5.92. The molecule has 1 aromatic rings. The van der Waals surface area contributed by atoms with Crippen LogP contribution in [-0.2, 0) is 6.42 Å². The van der Waals surface area contributed by atoms with Gasteiger partial charge in [0.05, 0.1) is 0 Å². The molecule has 2 heteroatoms. The molecule has 1 N–H and O–H groups in total. The second-order valence-corrected chi connectivity index (χ2v) is 3.27. The van der Waals surface area contributed by atoms with E-state index in [-0.39, 0.29) is 0 Å². The molecule has 1 aliphatic carbocycles. The highest BCUT2D eigenvalue weighted by Gasteiger charge is 2.18. The molecule has 1 unspecified atom stereocenters. The predicted molar refractivity (Wildman–Crippen MR) is 49.0 cm³/mol. The first-order valence-electron chi connectivity index (χ1n) is 4.53. The van der Waals surface area contributed by atoms with Crippen molar-refractivity contribution in [3.05, 3.63) is 29.6 Å². The van der Waals surface area contributed by atoms with Gasteiger partial charge in [-0.15, -0.1) is 0 Å². The Hall–Kier alpha value is -0.890. The molecule has 1 heterocycles. The van der Waals surface area contributed by atoms with Gasteiger partial charge in [-0.1, -0.05) is 6.07 Å². The van der Waals surface area contributed by atoms with Gasteiger partial charge in [-0.3, -0.25) is 4.98 Å². The molecule has 0 bridgehead atoms. The van der Waals surface area contributed by atoms with Gasteiger partial charge in [0, 0.05) is 17.9 Å². The van der Waals surface area contributed by atoms with Crippen molar-refractivity contribution in [3.63, 3.8) is 0 Å². The first kappa shape index (κ1) is 7.74. The van der Waals surface area contributed by atoms with Crippen LogP contribution in [0.1, 0.15) is 30.1 Å². The van der Waals surface area contributed by atoms with Crippen molar-refractivity contribution >= 4 is 0 Å². The van der Waals surface area contributed by atoms with Crippen LogP contribution in [0.5, 0.6) is 0 Å². The minimum atomic E-state index is 0.530. The van der Waals surface area contributed by atoms with Crippen molar-refractivity contribution in [1.82, 2.24) is 10.3 Å². The summed E-state index contributed by atoms with van der Waals surface area (Å²) in [5.41, 5.74) is 2.68. The van der Waals surface area contributed by atoms with Crippen LogP contribution in [0.2, 0.25) is 0 Å². The van der Waals surface area contributed by atoms with E-state index >= 15 is 0 Å². The molecule has 1 aliphatic rings. The number of nitrogens with zero attached hydrogens (tertiary/aromatic N) is 1. The van der Waals surface area contributed by atoms with E-state index in [2.05, 4.69) is 16.4 Å². The molecule has 1 aromatic heterocycles. The molecule has 0 fully saturated rings. The quantitative estimate of drug-likeness (QED) is 0.679. The van der Waals surface area contributed by atoms with Gasteiger partial charge in [0.1, 0.15) is 0 Å². The zero-order chi connectivity index (χ0) is 8.39. The summed E-state index contributed by atoms with van der Waals surface area (Å²) in [5.74, 6) is 0. The van der Waals surface area contributed by atoms with Crippen LogP contribution in [0.25, 0.3) is 0 Å². The molecule has 2 rings (SSSR count). The Morgan fingerprint density at radius 3 is 3.33 bits per heavy atom. The molecule has 0 saturated carbocycles. The molecular formula is C10H14N2. The lowest BCUT2D eigenvalue weighted by Crippen LogP contribution is -2.22. The highest BCUT2D eigenvalue weighted by atomic mass is 14.9. The molecule has 12 heavy (non-hydrogen) atoms. The second-order valence-electron chi connectivity index (χ2n) is 3.27. The van der Waals surface area contributed by atoms with Crippen LogP contribution in [0.4, 0.5) is 0 Å². The van der Waals surface area contributed by atoms with Crippen molar-refractivity contribution < 1.29 is 0 Å². The highest BCUT2D eigenvalue weighted by molar-refractivity contribution is 5.25. The van der Waals surface area contributed by atoms with E-state index in [4.69, 9.17) is 0 Å². The highest BCUT2D eigenvalue weighted by Crippen LogP contribution is 2.27. The Labute approximate surface area is 73.0 Å². The lowest BCUT2D eigenvalue weighted by Gasteiger charge is -2.23. The Kier molecular flexibility index (Phi) is 2.09. The second kappa shape index (κ2) is 3.23. The molecule has 1 atom stereocenters. The fourth-order valence-electron chi connectivity index (χ4n) is 1.91. The van der Waals surface area contributed by atoms with Crippen molar-refractivity contribution in [2.75, 3.05) is 7.05 Å². The maximum atomic E-state index is 4.38. The molecule has 2 nitrogen and oxygen atoms in total. The van der Waals surface area contributed by atoms with E-state index in [0.717, 1.165) is 6.42 Å². The minimum Gasteiger partial charge on any atom is -0.313 e. The van der Waals surface area contributed by atoms with Crippen LogP contribution in [0, 0.1) is 0 Å². The number of aromatic nitrogens is 1. The van der Waals surface area contributed by atoms with E-state index in [0.29, 0.717) is 6.04 Å². The molecule has 0 spiro atoms. The van der Waals surface area contributed by atoms with Gasteiger partial charge in [0.2, 0.25) is 0 Å². The Balaban J connectivity index is 2.37. The van der Waals surface area contributed by atoms with E-state index in [9.17, 15) is 0 Å². The van der Waals surface area contributed by atoms with Crippen LogP contribution < -0.4 is 5.32 Å². The summed E-state index contributed by atoms with van der Waals surface area (Å²) in [5, 5.41) is 3.32. The van der Waals surface area contributed by atoms with Crippen LogP contribution in [0.3, 0.4) is 0 Å². The molecule has 0 radical (unpaired) electrons. The number of fused-ring (bicyclic) bond motifs is 1. The van der Waals surface area contributed by atoms with Crippen LogP contribution in [0.15, 0.2) is 18.3 Å². The average molecular weight is 162 g/mol. The predicted octanol–water partition coefficient (Wildman–Crippen LogP) is 1.68. The third-order valence-electron chi connectivity index (χ3n) is 2.56. The number of nitrogens with one attached hydrogen (secondary N) is 1. The van der Waals surface area contributed by atoms with Crippen LogP contribution >= 0.6 is 0 Å². The molecule has 64 valence electrons. The Morgan fingerprint density at radius 2 is 2.50 bits per heavy atom. The van der Waals surface area contributed by atoms with Crippen molar-refractivity contribution in [2.24, 2.45) is 0 Å². The summed E-state index contributed by atoms with van der Waals surface area (Å²) < 4.78 is 0. The van der Waals surface area contributed by atoms with Gasteiger partial charge in [-0.2, -0.15) is 0 Å². The van der Waals surface area contributed by atoms with Crippen molar-refractivity contribution in [1.29, 1.82) is 0 Å². The number of hydrogen-bond acceptors (Lipinski definition) is 2. The molecular weight excluding hydrogens is 148 g/mol. The summed E-state index contributed by atoms with van der Waals surface area (Å²) >= 11 is 0. The monoisotopic (exact) mass is 162 g/mol. The summed E-state index contributed by atoms with van der Waals surface area (Å²) in [6.45, 7) is 0. The maximum absolute atomic E-state index is 4.38. The third kappa shape index (κ3) is 1.23. The third-order valence-corrected chi connectivity index (χ3v) is 2.56. The van der Waals surface area contributed by atoms with Crippen LogP contribution in [-0.4, -0.2) is 12.0 Å². The molecule has 0 saturated heterocycles. The molecule has 0 amide bonds. The van der Waals surface area contributed by atoms with Gasteiger partial charge in [-0.25, -0.2) is 0 Å². The number of rotatable bonds is 1. The van der Waals surface area contributed by atoms with Gasteiger partial charge >= 0.3 is 0 Å². The van der Waals surface area contributed by atoms with Gasteiger partial charge in [0.25, 0.3) is 0 Å². The van der Waals surface area contributed by atoms with Gasteiger partial charge in [0.15, 0.2) is 0 Å². The van der Waals surface area contributed by atoms with E-state index in [1.54, 1.807) is 0 Å². The summed E-state index contributed by atoms with van der Waals surface area (Å²) in [6.07, 6.45) is 5.54. The summed E-state index contributed by atoms with van der Waals surface area (Å²) in [6, 6.07) is 4.74. The number of aryl methyl sites for hydroxylation is 1. The smallest absolute Gasteiger partial charge is 0.0451 e. The van der Waals surface area contributed by atoms with Gasteiger partial charge in [-0.05, 0) is 37.9 Å². The fraction of sp³-hybridized carbons (Fsp3) is 0.500. The van der Waals surface area contributed by atoms with Crippen molar-refractivity contribution in [2.45, 2.75) is 25.3 Å². The summed E-state index contributed by atoms with van der Waals surface area (Å²) in [4.78, 5) is 4.38. The average Bonchev–Trinajstić information content (AvgIpc) is 2.17. The Morgan fingerprint density at radius 1 is 1.58 bits per heavy atom. The normalized spacial score (nSPS) is 21.9. The minimum absolute atomic E-state index is 0.530. The number of hydrogen-bond donors (Lipinski definition) is 1. The van der Waals surface area contributed by atoms with Gasteiger partial charge < -0.3 is 5.32 Å². The fourth-order valence-corrected chi connectivity index (χ4v) is 1.91.